The summed E-state index contributed by atoms with van der Waals surface area (Å²) in [5.74, 6) is 1.16. The van der Waals surface area contributed by atoms with Crippen molar-refractivity contribution in [2.24, 2.45) is 0 Å². The molecule has 3 N–H and O–H groups in total. The quantitative estimate of drug-likeness (QED) is 0.0755. The highest BCUT2D eigenvalue weighted by atomic mass is 31.2. The molecule has 0 saturated heterocycles. The normalized spacial score (nSPS) is 12.7. The first kappa shape index (κ1) is 39.3. The third-order valence-electron chi connectivity index (χ3n) is 7.32. The SMILES string of the molecule is CCCCCCCCCCCCCCCC(=O)N[C@@H](/C=C/P(=O)(O)O)Cc1ccc(OCc2cc(OCC(F)(F)F)ccn2)cc1. The minimum absolute atomic E-state index is 0.00542. The Balaban J connectivity index is 1.75. The molecule has 0 saturated carbocycles. The number of rotatable bonds is 24. The van der Waals surface area contributed by atoms with Gasteiger partial charge in [0.25, 0.3) is 0 Å². The summed E-state index contributed by atoms with van der Waals surface area (Å²) in [4.78, 5) is 35.3. The van der Waals surface area contributed by atoms with Crippen LogP contribution in [0.2, 0.25) is 0 Å². The van der Waals surface area contributed by atoms with Crippen LogP contribution in [-0.4, -0.2) is 39.5 Å². The van der Waals surface area contributed by atoms with Crippen molar-refractivity contribution in [3.05, 3.63) is 65.7 Å². The van der Waals surface area contributed by atoms with Gasteiger partial charge in [-0.15, -0.1) is 0 Å². The Labute approximate surface area is 271 Å². The number of aromatic nitrogens is 1. The third kappa shape index (κ3) is 20.3. The van der Waals surface area contributed by atoms with Gasteiger partial charge in [0.1, 0.15) is 18.1 Å². The molecule has 0 aliphatic heterocycles. The van der Waals surface area contributed by atoms with Gasteiger partial charge in [0.2, 0.25) is 5.91 Å². The fraction of sp³-hybridized carbons (Fsp3) is 0.588. The lowest BCUT2D eigenvalue weighted by Gasteiger charge is -2.16. The number of carbonyl (C=O) groups is 1. The topological polar surface area (TPSA) is 118 Å². The van der Waals surface area contributed by atoms with Gasteiger partial charge in [-0.2, -0.15) is 13.2 Å². The number of hydrogen-bond donors (Lipinski definition) is 3. The van der Waals surface area contributed by atoms with Crippen molar-refractivity contribution >= 4 is 13.5 Å². The molecular weight excluding hydrogens is 620 g/mol. The van der Waals surface area contributed by atoms with E-state index in [9.17, 15) is 32.3 Å². The molecule has 0 unspecified atom stereocenters. The Morgan fingerprint density at radius 2 is 1.48 bits per heavy atom. The number of carbonyl (C=O) groups excluding carboxylic acids is 1. The molecule has 0 bridgehead atoms. The molecule has 0 aliphatic carbocycles. The van der Waals surface area contributed by atoms with Crippen molar-refractivity contribution in [2.75, 3.05) is 6.61 Å². The van der Waals surface area contributed by atoms with Gasteiger partial charge >= 0.3 is 13.8 Å². The highest BCUT2D eigenvalue weighted by molar-refractivity contribution is 7.55. The predicted molar refractivity (Wildman–Crippen MR) is 174 cm³/mol. The van der Waals surface area contributed by atoms with Crippen molar-refractivity contribution in [3.63, 3.8) is 0 Å². The maximum Gasteiger partial charge on any atom is 0.422 e. The lowest BCUT2D eigenvalue weighted by Crippen LogP contribution is -2.34. The van der Waals surface area contributed by atoms with Crippen molar-refractivity contribution < 1.29 is 41.8 Å². The molecule has 2 rings (SSSR count). The molecule has 0 radical (unpaired) electrons. The first-order valence-corrected chi connectivity index (χ1v) is 18.0. The first-order valence-electron chi connectivity index (χ1n) is 16.3. The van der Waals surface area contributed by atoms with Crippen LogP contribution in [-0.2, 0) is 22.4 Å². The number of unbranched alkanes of at least 4 members (excludes halogenated alkanes) is 12. The molecule has 46 heavy (non-hydrogen) atoms. The number of halogens is 3. The van der Waals surface area contributed by atoms with Gasteiger partial charge in [-0.1, -0.05) is 102 Å². The summed E-state index contributed by atoms with van der Waals surface area (Å²) < 4.78 is 59.1. The van der Waals surface area contributed by atoms with E-state index in [2.05, 4.69) is 17.2 Å². The predicted octanol–water partition coefficient (Wildman–Crippen LogP) is 8.80. The van der Waals surface area contributed by atoms with Gasteiger partial charge in [0.15, 0.2) is 6.61 Å². The fourth-order valence-corrected chi connectivity index (χ4v) is 5.32. The minimum Gasteiger partial charge on any atom is -0.487 e. The monoisotopic (exact) mass is 670 g/mol. The van der Waals surface area contributed by atoms with Gasteiger partial charge in [0, 0.05) is 24.5 Å². The summed E-state index contributed by atoms with van der Waals surface area (Å²) in [7, 11) is -4.40. The second kappa shape index (κ2) is 21.8. The molecule has 8 nitrogen and oxygen atoms in total. The van der Waals surface area contributed by atoms with E-state index in [0.29, 0.717) is 24.3 Å². The highest BCUT2D eigenvalue weighted by Crippen LogP contribution is 2.36. The molecule has 0 spiro atoms. The largest absolute Gasteiger partial charge is 0.487 e. The molecule has 2 aromatic rings. The van der Waals surface area contributed by atoms with Crippen molar-refractivity contribution in [3.8, 4) is 11.5 Å². The molecule has 258 valence electrons. The number of nitrogens with one attached hydrogen (secondary N) is 1. The third-order valence-corrected chi connectivity index (χ3v) is 7.88. The van der Waals surface area contributed by atoms with Crippen LogP contribution >= 0.6 is 7.60 Å². The summed E-state index contributed by atoms with van der Waals surface area (Å²) in [5, 5.41) is 2.88. The summed E-state index contributed by atoms with van der Waals surface area (Å²) in [6.45, 7) is 0.839. The van der Waals surface area contributed by atoms with Gasteiger partial charge < -0.3 is 24.6 Å². The van der Waals surface area contributed by atoms with Crippen LogP contribution < -0.4 is 14.8 Å². The van der Waals surface area contributed by atoms with Crippen LogP contribution in [0.15, 0.2) is 54.5 Å². The van der Waals surface area contributed by atoms with Crippen LogP contribution in [0.1, 0.15) is 108 Å². The lowest BCUT2D eigenvalue weighted by molar-refractivity contribution is -0.153. The zero-order valence-electron chi connectivity index (χ0n) is 26.9. The van der Waals surface area contributed by atoms with E-state index in [1.54, 1.807) is 24.3 Å². The van der Waals surface area contributed by atoms with E-state index in [-0.39, 0.29) is 18.3 Å². The van der Waals surface area contributed by atoms with Gasteiger partial charge in [0.05, 0.1) is 11.7 Å². The van der Waals surface area contributed by atoms with E-state index < -0.39 is 26.4 Å². The summed E-state index contributed by atoms with van der Waals surface area (Å²) >= 11 is 0. The smallest absolute Gasteiger partial charge is 0.422 e. The van der Waals surface area contributed by atoms with Gasteiger partial charge in [-0.3, -0.25) is 14.3 Å². The molecule has 0 aliphatic rings. The number of hydrogen-bond acceptors (Lipinski definition) is 5. The Hall–Kier alpha value is -2.88. The second-order valence-electron chi connectivity index (χ2n) is 11.6. The molecule has 1 aromatic carbocycles. The van der Waals surface area contributed by atoms with Gasteiger partial charge in [-0.05, 0) is 36.6 Å². The average Bonchev–Trinajstić information content (AvgIpc) is 3.00. The molecule has 1 heterocycles. The van der Waals surface area contributed by atoms with Crippen LogP contribution in [0.5, 0.6) is 11.5 Å². The van der Waals surface area contributed by atoms with Crippen molar-refractivity contribution in [1.29, 1.82) is 0 Å². The van der Waals surface area contributed by atoms with E-state index in [1.807, 2.05) is 0 Å². The fourth-order valence-electron chi connectivity index (χ4n) is 4.89. The molecule has 12 heteroatoms. The second-order valence-corrected chi connectivity index (χ2v) is 13.1. The van der Waals surface area contributed by atoms with E-state index in [0.717, 1.165) is 30.6 Å². The van der Waals surface area contributed by atoms with Crippen molar-refractivity contribution in [1.82, 2.24) is 10.3 Å². The zero-order valence-corrected chi connectivity index (χ0v) is 27.7. The zero-order chi connectivity index (χ0) is 33.7. The molecule has 1 amide bonds. The van der Waals surface area contributed by atoms with Crippen LogP contribution in [0.3, 0.4) is 0 Å². The number of benzene rings is 1. The molecule has 1 aromatic heterocycles. The van der Waals surface area contributed by atoms with Crippen LogP contribution in [0.4, 0.5) is 13.2 Å². The van der Waals surface area contributed by atoms with E-state index >= 15 is 0 Å². The molecule has 0 fully saturated rings. The molecule has 1 atom stereocenters. The lowest BCUT2D eigenvalue weighted by atomic mass is 10.0. The Morgan fingerprint density at radius 3 is 2.04 bits per heavy atom. The minimum atomic E-state index is -4.44. The van der Waals surface area contributed by atoms with Gasteiger partial charge in [-0.25, -0.2) is 0 Å². The maximum absolute atomic E-state index is 12.6. The van der Waals surface area contributed by atoms with Crippen molar-refractivity contribution in [2.45, 2.75) is 122 Å². The molecular formula is C34H50F3N2O6P. The first-order chi connectivity index (χ1) is 21.9. The summed E-state index contributed by atoms with van der Waals surface area (Å²) in [6.07, 6.45) is 14.6. The van der Waals surface area contributed by atoms with E-state index in [4.69, 9.17) is 9.47 Å². The van der Waals surface area contributed by atoms with Crippen LogP contribution in [0.25, 0.3) is 0 Å². The standard InChI is InChI=1S/C34H50F3N2O6P/c1-2-3-4-5-6-7-8-9-10-11-12-13-14-15-33(40)39-29(21-23-46(41,42)43)24-28-16-18-31(19-17-28)44-26-30-25-32(20-22-38-30)45-27-34(35,36)37/h16-23,25,29H,2-15,24,26-27H2,1H3,(H,39,40)(H2,41,42,43)/b23-21+/t29-/m0/s1. The maximum atomic E-state index is 12.6. The Bertz CT molecular complexity index is 1200. The Kier molecular flexibility index (Phi) is 18.6. The number of alkyl halides is 3. The number of ether oxygens (including phenoxy) is 2. The summed E-state index contributed by atoms with van der Waals surface area (Å²) in [5.41, 5.74) is 1.19. The number of pyridine rings is 1. The van der Waals surface area contributed by atoms with Crippen LogP contribution in [0, 0.1) is 0 Å². The Morgan fingerprint density at radius 1 is 0.891 bits per heavy atom. The summed E-state index contributed by atoms with van der Waals surface area (Å²) in [6, 6.07) is 9.01. The number of amides is 1. The number of nitrogens with zero attached hydrogens (tertiary/aromatic N) is 1. The highest BCUT2D eigenvalue weighted by Gasteiger charge is 2.28. The average molecular weight is 671 g/mol. The van der Waals surface area contributed by atoms with E-state index in [1.165, 1.54) is 88.6 Å².